The van der Waals surface area contributed by atoms with Crippen LogP contribution in [0.15, 0.2) is 24.3 Å². The fourth-order valence-electron chi connectivity index (χ4n) is 2.76. The van der Waals surface area contributed by atoms with Crippen LogP contribution in [-0.4, -0.2) is 48.5 Å². The molecule has 0 spiro atoms. The number of hydrogen-bond donors (Lipinski definition) is 1. The van der Waals surface area contributed by atoms with Crippen LogP contribution in [0.2, 0.25) is 0 Å². The number of hydrogen-bond acceptors (Lipinski definition) is 3. The fourth-order valence-corrected chi connectivity index (χ4v) is 2.76. The van der Waals surface area contributed by atoms with Crippen molar-refractivity contribution >= 4 is 0 Å². The highest BCUT2D eigenvalue weighted by Crippen LogP contribution is 2.31. The monoisotopic (exact) mass is 317 g/mol. The van der Waals surface area contributed by atoms with E-state index >= 15 is 0 Å². The summed E-state index contributed by atoms with van der Waals surface area (Å²) in [7, 11) is 0. The van der Waals surface area contributed by atoms with Gasteiger partial charge in [-0.05, 0) is 56.5 Å². The Kier molecular flexibility index (Phi) is 5.69. The third-order valence-corrected chi connectivity index (χ3v) is 4.08. The van der Waals surface area contributed by atoms with E-state index in [4.69, 9.17) is 4.74 Å². The van der Waals surface area contributed by atoms with Crippen molar-refractivity contribution in [2.45, 2.75) is 32.0 Å². The molecule has 1 atom stereocenters. The normalized spacial score (nSPS) is 19.1. The van der Waals surface area contributed by atoms with Crippen LogP contribution in [0.4, 0.5) is 13.2 Å². The lowest BCUT2D eigenvalue weighted by Crippen LogP contribution is -2.44. The molecule has 1 heterocycles. The molecule has 0 bridgehead atoms. The van der Waals surface area contributed by atoms with E-state index in [-0.39, 0.29) is 0 Å². The van der Waals surface area contributed by atoms with Crippen molar-refractivity contribution in [2.75, 3.05) is 26.2 Å². The standard InChI is InChI=1S/C16H22F3NO2/c1-12-3-2-4-14(11-12)22-10-9-20-7-5-13(6-8-20)15(21)16(17,18)19/h2-4,11,13,15,21H,5-10H2,1H3. The van der Waals surface area contributed by atoms with E-state index in [1.54, 1.807) is 0 Å². The Morgan fingerprint density at radius 3 is 2.59 bits per heavy atom. The lowest BCUT2D eigenvalue weighted by atomic mass is 9.91. The first-order valence-corrected chi connectivity index (χ1v) is 7.53. The summed E-state index contributed by atoms with van der Waals surface area (Å²) in [5.41, 5.74) is 1.12. The molecule has 6 heteroatoms. The van der Waals surface area contributed by atoms with Crippen molar-refractivity contribution in [1.82, 2.24) is 4.90 Å². The maximum Gasteiger partial charge on any atom is 0.414 e. The van der Waals surface area contributed by atoms with Gasteiger partial charge in [-0.2, -0.15) is 13.2 Å². The minimum atomic E-state index is -4.51. The molecule has 2 rings (SSSR count). The minimum absolute atomic E-state index is 0.366. The van der Waals surface area contributed by atoms with Gasteiger partial charge in [-0.3, -0.25) is 4.90 Å². The number of benzene rings is 1. The summed E-state index contributed by atoms with van der Waals surface area (Å²) < 4.78 is 43.1. The summed E-state index contributed by atoms with van der Waals surface area (Å²) in [6.45, 7) is 4.31. The van der Waals surface area contributed by atoms with Crippen LogP contribution in [0.5, 0.6) is 5.75 Å². The molecule has 0 radical (unpaired) electrons. The van der Waals surface area contributed by atoms with Crippen LogP contribution in [0.3, 0.4) is 0 Å². The predicted octanol–water partition coefficient (Wildman–Crippen LogP) is 3.01. The molecule has 124 valence electrons. The molecule has 1 aliphatic rings. The van der Waals surface area contributed by atoms with Crippen LogP contribution >= 0.6 is 0 Å². The lowest BCUT2D eigenvalue weighted by molar-refractivity contribution is -0.223. The number of alkyl halides is 3. The lowest BCUT2D eigenvalue weighted by Gasteiger charge is -2.34. The quantitative estimate of drug-likeness (QED) is 0.906. The average molecular weight is 317 g/mol. The van der Waals surface area contributed by atoms with Gasteiger partial charge in [-0.1, -0.05) is 12.1 Å². The van der Waals surface area contributed by atoms with Gasteiger partial charge in [-0.25, -0.2) is 0 Å². The molecule has 1 saturated heterocycles. The van der Waals surface area contributed by atoms with Crippen LogP contribution in [0, 0.1) is 12.8 Å². The van der Waals surface area contributed by atoms with E-state index in [9.17, 15) is 18.3 Å². The molecule has 1 fully saturated rings. The Hall–Kier alpha value is -1.27. The second kappa shape index (κ2) is 7.33. The molecule has 22 heavy (non-hydrogen) atoms. The molecule has 0 aliphatic carbocycles. The molecule has 1 N–H and O–H groups in total. The van der Waals surface area contributed by atoms with Crippen molar-refractivity contribution in [3.8, 4) is 5.75 Å². The molecule has 1 unspecified atom stereocenters. The Balaban J connectivity index is 1.69. The summed E-state index contributed by atoms with van der Waals surface area (Å²) in [5, 5.41) is 9.28. The smallest absolute Gasteiger partial charge is 0.414 e. The first kappa shape index (κ1) is 17.1. The average Bonchev–Trinajstić information content (AvgIpc) is 2.46. The van der Waals surface area contributed by atoms with Crippen molar-refractivity contribution in [2.24, 2.45) is 5.92 Å². The largest absolute Gasteiger partial charge is 0.492 e. The van der Waals surface area contributed by atoms with Gasteiger partial charge in [0.05, 0.1) is 0 Å². The Labute approximate surface area is 128 Å². The first-order chi connectivity index (χ1) is 10.4. The van der Waals surface area contributed by atoms with Gasteiger partial charge < -0.3 is 9.84 Å². The highest BCUT2D eigenvalue weighted by atomic mass is 19.4. The maximum atomic E-state index is 12.5. The SMILES string of the molecule is Cc1cccc(OCCN2CCC(C(O)C(F)(F)F)CC2)c1. The second-order valence-corrected chi connectivity index (χ2v) is 5.83. The van der Waals surface area contributed by atoms with Crippen molar-refractivity contribution < 1.29 is 23.0 Å². The number of nitrogens with zero attached hydrogens (tertiary/aromatic N) is 1. The number of rotatable bonds is 5. The van der Waals surface area contributed by atoms with E-state index in [1.807, 2.05) is 31.2 Å². The summed E-state index contributed by atoms with van der Waals surface area (Å²) in [6, 6.07) is 7.75. The zero-order valence-electron chi connectivity index (χ0n) is 12.6. The number of piperidine rings is 1. The molecule has 1 aromatic rings. The molecule has 0 amide bonds. The topological polar surface area (TPSA) is 32.7 Å². The molecule has 3 nitrogen and oxygen atoms in total. The number of aliphatic hydroxyl groups excluding tert-OH is 1. The van der Waals surface area contributed by atoms with Crippen molar-refractivity contribution in [3.05, 3.63) is 29.8 Å². The molecular formula is C16H22F3NO2. The molecule has 1 aromatic carbocycles. The van der Waals surface area contributed by atoms with Gasteiger partial charge in [0.1, 0.15) is 12.4 Å². The summed E-state index contributed by atoms with van der Waals surface area (Å²) in [5.74, 6) is 0.122. The number of ether oxygens (including phenoxy) is 1. The molecule has 0 saturated carbocycles. The van der Waals surface area contributed by atoms with Gasteiger partial charge in [0.25, 0.3) is 0 Å². The molecule has 0 aromatic heterocycles. The van der Waals surface area contributed by atoms with E-state index in [2.05, 4.69) is 4.90 Å². The number of aliphatic hydroxyl groups is 1. The van der Waals surface area contributed by atoms with E-state index in [0.717, 1.165) is 11.3 Å². The van der Waals surface area contributed by atoms with Crippen LogP contribution in [0.1, 0.15) is 18.4 Å². The van der Waals surface area contributed by atoms with E-state index in [0.29, 0.717) is 39.1 Å². The zero-order valence-corrected chi connectivity index (χ0v) is 12.6. The van der Waals surface area contributed by atoms with Gasteiger partial charge in [0, 0.05) is 6.54 Å². The van der Waals surface area contributed by atoms with Gasteiger partial charge >= 0.3 is 6.18 Å². The Morgan fingerprint density at radius 2 is 2.00 bits per heavy atom. The predicted molar refractivity (Wildman–Crippen MR) is 77.9 cm³/mol. The Bertz CT molecular complexity index is 471. The summed E-state index contributed by atoms with van der Waals surface area (Å²) >= 11 is 0. The van der Waals surface area contributed by atoms with Crippen LogP contribution in [-0.2, 0) is 0 Å². The van der Waals surface area contributed by atoms with E-state index < -0.39 is 18.2 Å². The molecular weight excluding hydrogens is 295 g/mol. The Morgan fingerprint density at radius 1 is 1.32 bits per heavy atom. The van der Waals surface area contributed by atoms with Crippen molar-refractivity contribution in [1.29, 1.82) is 0 Å². The van der Waals surface area contributed by atoms with E-state index in [1.165, 1.54) is 0 Å². The van der Waals surface area contributed by atoms with Crippen molar-refractivity contribution in [3.63, 3.8) is 0 Å². The van der Waals surface area contributed by atoms with Crippen LogP contribution < -0.4 is 4.74 Å². The molecule has 1 aliphatic heterocycles. The van der Waals surface area contributed by atoms with Gasteiger partial charge in [0.15, 0.2) is 6.10 Å². The fraction of sp³-hybridized carbons (Fsp3) is 0.625. The second-order valence-electron chi connectivity index (χ2n) is 5.83. The highest BCUT2D eigenvalue weighted by Gasteiger charge is 2.44. The minimum Gasteiger partial charge on any atom is -0.492 e. The summed E-state index contributed by atoms with van der Waals surface area (Å²) in [4.78, 5) is 2.08. The highest BCUT2D eigenvalue weighted by molar-refractivity contribution is 5.27. The first-order valence-electron chi connectivity index (χ1n) is 7.53. The maximum absolute atomic E-state index is 12.5. The van der Waals surface area contributed by atoms with Gasteiger partial charge in [0.2, 0.25) is 0 Å². The number of aryl methyl sites for hydroxylation is 1. The number of likely N-dealkylation sites (tertiary alicyclic amines) is 1. The zero-order chi connectivity index (χ0) is 16.2. The summed E-state index contributed by atoms with van der Waals surface area (Å²) in [6.07, 6.45) is -5.98. The van der Waals surface area contributed by atoms with Crippen LogP contribution in [0.25, 0.3) is 0 Å². The third kappa shape index (κ3) is 4.88. The third-order valence-electron chi connectivity index (χ3n) is 4.08. The van der Waals surface area contributed by atoms with Gasteiger partial charge in [-0.15, -0.1) is 0 Å². The number of halogens is 3.